The molecule has 1 N–H and O–H groups in total. The van der Waals surface area contributed by atoms with Gasteiger partial charge in [-0.3, -0.25) is 4.79 Å². The van der Waals surface area contributed by atoms with Crippen LogP contribution in [0.5, 0.6) is 0 Å². The summed E-state index contributed by atoms with van der Waals surface area (Å²) in [5.41, 5.74) is -0.0852. The molecule has 0 aromatic heterocycles. The Labute approximate surface area is 122 Å². The van der Waals surface area contributed by atoms with Crippen LogP contribution in [0.4, 0.5) is 4.79 Å². The largest absolute Gasteiger partial charge is 0.453 e. The molecule has 2 unspecified atom stereocenters. The smallest absolute Gasteiger partial charge is 0.407 e. The molecule has 5 nitrogen and oxygen atoms in total. The van der Waals surface area contributed by atoms with Crippen LogP contribution in [0.25, 0.3) is 0 Å². The molecular weight excluding hydrogens is 256 g/mol. The van der Waals surface area contributed by atoms with E-state index in [1.165, 1.54) is 7.11 Å². The Morgan fingerprint density at radius 2 is 1.85 bits per heavy atom. The van der Waals surface area contributed by atoms with Crippen molar-refractivity contribution >= 4 is 12.0 Å². The number of ether oxygens (including phenoxy) is 1. The third-order valence-electron chi connectivity index (χ3n) is 4.28. The van der Waals surface area contributed by atoms with Gasteiger partial charge < -0.3 is 15.0 Å². The molecule has 0 aromatic rings. The van der Waals surface area contributed by atoms with E-state index in [4.69, 9.17) is 0 Å². The van der Waals surface area contributed by atoms with Crippen LogP contribution < -0.4 is 5.32 Å². The summed E-state index contributed by atoms with van der Waals surface area (Å²) in [5.74, 6) is 0.0212. The summed E-state index contributed by atoms with van der Waals surface area (Å²) >= 11 is 0. The van der Waals surface area contributed by atoms with Crippen molar-refractivity contribution in [3.63, 3.8) is 0 Å². The van der Waals surface area contributed by atoms with Crippen molar-refractivity contribution in [1.82, 2.24) is 10.2 Å². The molecule has 0 bridgehead atoms. The van der Waals surface area contributed by atoms with E-state index in [2.05, 4.69) is 23.9 Å². The molecule has 1 rings (SSSR count). The summed E-state index contributed by atoms with van der Waals surface area (Å²) in [6, 6.07) is -0.216. The summed E-state index contributed by atoms with van der Waals surface area (Å²) < 4.78 is 4.65. The van der Waals surface area contributed by atoms with Gasteiger partial charge in [0.05, 0.1) is 13.0 Å². The highest BCUT2D eigenvalue weighted by molar-refractivity contribution is 5.81. The predicted molar refractivity (Wildman–Crippen MR) is 78.4 cm³/mol. The van der Waals surface area contributed by atoms with E-state index >= 15 is 0 Å². The highest BCUT2D eigenvalue weighted by atomic mass is 16.5. The van der Waals surface area contributed by atoms with Crippen molar-refractivity contribution in [3.8, 4) is 0 Å². The number of likely N-dealkylation sites (tertiary alicyclic amines) is 1. The number of hydrogen-bond donors (Lipinski definition) is 1. The number of nitrogens with zero attached hydrogens (tertiary/aromatic N) is 1. The molecule has 2 amide bonds. The van der Waals surface area contributed by atoms with Gasteiger partial charge in [-0.1, -0.05) is 20.8 Å². The van der Waals surface area contributed by atoms with E-state index in [0.29, 0.717) is 0 Å². The van der Waals surface area contributed by atoms with Crippen molar-refractivity contribution in [2.24, 2.45) is 11.8 Å². The SMILES string of the molecule is COC(=O)NC(C(C)C)C(C)C(=O)N1CCCC1(C)C. The van der Waals surface area contributed by atoms with E-state index in [-0.39, 0.29) is 29.3 Å². The number of hydrogen-bond acceptors (Lipinski definition) is 3. The van der Waals surface area contributed by atoms with Gasteiger partial charge in [0.25, 0.3) is 0 Å². The van der Waals surface area contributed by atoms with E-state index in [1.807, 2.05) is 25.7 Å². The number of amides is 2. The molecule has 2 atom stereocenters. The normalized spacial score (nSPS) is 20.6. The lowest BCUT2D eigenvalue weighted by Gasteiger charge is -2.36. The molecule has 1 aliphatic rings. The van der Waals surface area contributed by atoms with Gasteiger partial charge in [0.2, 0.25) is 5.91 Å². The Hall–Kier alpha value is -1.26. The lowest BCUT2D eigenvalue weighted by Crippen LogP contribution is -2.52. The highest BCUT2D eigenvalue weighted by Crippen LogP contribution is 2.30. The zero-order valence-electron chi connectivity index (χ0n) is 13.5. The summed E-state index contributed by atoms with van der Waals surface area (Å²) in [6.45, 7) is 10.9. The fourth-order valence-electron chi connectivity index (χ4n) is 2.98. The lowest BCUT2D eigenvalue weighted by atomic mass is 9.89. The average Bonchev–Trinajstić information content (AvgIpc) is 2.73. The van der Waals surface area contributed by atoms with Gasteiger partial charge in [-0.15, -0.1) is 0 Å². The molecule has 1 saturated heterocycles. The number of nitrogens with one attached hydrogen (secondary N) is 1. The number of carbonyl (C=O) groups excluding carboxylic acids is 2. The quantitative estimate of drug-likeness (QED) is 0.862. The molecule has 0 aliphatic carbocycles. The van der Waals surface area contributed by atoms with Crippen LogP contribution in [0.3, 0.4) is 0 Å². The van der Waals surface area contributed by atoms with Gasteiger partial charge >= 0.3 is 6.09 Å². The second-order valence-corrected chi connectivity index (χ2v) is 6.60. The summed E-state index contributed by atoms with van der Waals surface area (Å²) in [7, 11) is 1.34. The van der Waals surface area contributed by atoms with Gasteiger partial charge in [-0.05, 0) is 32.6 Å². The first kappa shape index (κ1) is 16.8. The third kappa shape index (κ3) is 3.64. The zero-order valence-corrected chi connectivity index (χ0v) is 13.5. The molecule has 116 valence electrons. The molecule has 1 aliphatic heterocycles. The molecule has 20 heavy (non-hydrogen) atoms. The average molecular weight is 284 g/mol. The standard InChI is InChI=1S/C15H28N2O3/c1-10(2)12(16-14(19)20-6)11(3)13(18)17-9-7-8-15(17,4)5/h10-12H,7-9H2,1-6H3,(H,16,19). The lowest BCUT2D eigenvalue weighted by molar-refractivity contribution is -0.139. The number of alkyl carbamates (subject to hydrolysis) is 1. The van der Waals surface area contributed by atoms with Crippen molar-refractivity contribution in [3.05, 3.63) is 0 Å². The van der Waals surface area contributed by atoms with E-state index in [9.17, 15) is 9.59 Å². The molecule has 1 fully saturated rings. The van der Waals surface area contributed by atoms with Crippen LogP contribution in [0, 0.1) is 11.8 Å². The van der Waals surface area contributed by atoms with Gasteiger partial charge in [-0.25, -0.2) is 4.79 Å². The van der Waals surface area contributed by atoms with Gasteiger partial charge in [-0.2, -0.15) is 0 Å². The van der Waals surface area contributed by atoms with Gasteiger partial charge in [0.1, 0.15) is 0 Å². The highest BCUT2D eigenvalue weighted by Gasteiger charge is 2.40. The molecular formula is C15H28N2O3. The summed E-state index contributed by atoms with van der Waals surface area (Å²) in [6.07, 6.45) is 1.59. The van der Waals surface area contributed by atoms with Crippen LogP contribution in [0.2, 0.25) is 0 Å². The summed E-state index contributed by atoms with van der Waals surface area (Å²) in [4.78, 5) is 26.1. The van der Waals surface area contributed by atoms with Crippen LogP contribution in [-0.4, -0.2) is 42.1 Å². The second kappa shape index (κ2) is 6.46. The number of methoxy groups -OCH3 is 1. The second-order valence-electron chi connectivity index (χ2n) is 6.60. The number of carbonyl (C=O) groups is 2. The zero-order chi connectivity index (χ0) is 15.5. The Bertz CT molecular complexity index is 366. The fraction of sp³-hybridized carbons (Fsp3) is 0.867. The molecule has 0 saturated carbocycles. The summed E-state index contributed by atoms with van der Waals surface area (Å²) in [5, 5.41) is 2.79. The Morgan fingerprint density at radius 3 is 2.25 bits per heavy atom. The minimum Gasteiger partial charge on any atom is -0.453 e. The van der Waals surface area contributed by atoms with Crippen molar-refractivity contribution in [1.29, 1.82) is 0 Å². The van der Waals surface area contributed by atoms with Crippen LogP contribution in [0.15, 0.2) is 0 Å². The maximum absolute atomic E-state index is 12.7. The molecule has 0 aromatic carbocycles. The topological polar surface area (TPSA) is 58.6 Å². The minimum atomic E-state index is -0.482. The predicted octanol–water partition coefficient (Wildman–Crippen LogP) is 2.40. The van der Waals surface area contributed by atoms with Gasteiger partial charge in [0.15, 0.2) is 0 Å². The van der Waals surface area contributed by atoms with E-state index in [0.717, 1.165) is 19.4 Å². The Balaban J connectivity index is 2.81. The molecule has 1 heterocycles. The van der Waals surface area contributed by atoms with Crippen molar-refractivity contribution in [2.75, 3.05) is 13.7 Å². The first-order valence-corrected chi connectivity index (χ1v) is 7.36. The molecule has 0 radical (unpaired) electrons. The third-order valence-corrected chi connectivity index (χ3v) is 4.28. The minimum absolute atomic E-state index is 0.0852. The van der Waals surface area contributed by atoms with Gasteiger partial charge in [0, 0.05) is 18.1 Å². The maximum Gasteiger partial charge on any atom is 0.407 e. The molecule has 0 spiro atoms. The first-order valence-electron chi connectivity index (χ1n) is 7.36. The molecule has 5 heteroatoms. The maximum atomic E-state index is 12.7. The van der Waals surface area contributed by atoms with Crippen LogP contribution >= 0.6 is 0 Å². The van der Waals surface area contributed by atoms with E-state index < -0.39 is 6.09 Å². The van der Waals surface area contributed by atoms with Crippen molar-refractivity contribution < 1.29 is 14.3 Å². The Morgan fingerprint density at radius 1 is 1.25 bits per heavy atom. The fourth-order valence-corrected chi connectivity index (χ4v) is 2.98. The number of rotatable bonds is 4. The van der Waals surface area contributed by atoms with E-state index in [1.54, 1.807) is 0 Å². The van der Waals surface area contributed by atoms with Crippen molar-refractivity contribution in [2.45, 2.75) is 59.0 Å². The van der Waals surface area contributed by atoms with Crippen LogP contribution in [0.1, 0.15) is 47.5 Å². The first-order chi connectivity index (χ1) is 9.20. The Kier molecular flexibility index (Phi) is 5.42. The monoisotopic (exact) mass is 284 g/mol. The van der Waals surface area contributed by atoms with Crippen LogP contribution in [-0.2, 0) is 9.53 Å².